The molecule has 1 atom stereocenters. The number of hydrogen-bond acceptors (Lipinski definition) is 4. The van der Waals surface area contributed by atoms with Gasteiger partial charge in [0.2, 0.25) is 5.82 Å². The summed E-state index contributed by atoms with van der Waals surface area (Å²) in [6, 6.07) is 15.4. The molecule has 8 heteroatoms. The Bertz CT molecular complexity index is 1380. The predicted octanol–water partition coefficient (Wildman–Crippen LogP) is 6.99. The smallest absolute Gasteiger partial charge is 0.335 e. The molecule has 209 valence electrons. The van der Waals surface area contributed by atoms with E-state index in [4.69, 9.17) is 9.47 Å². The van der Waals surface area contributed by atoms with E-state index in [-0.39, 0.29) is 30.5 Å². The van der Waals surface area contributed by atoms with Crippen molar-refractivity contribution < 1.29 is 31.8 Å². The molecule has 0 bridgehead atoms. The van der Waals surface area contributed by atoms with Crippen molar-refractivity contribution in [3.05, 3.63) is 113 Å². The molecule has 0 aromatic heterocycles. The zero-order chi connectivity index (χ0) is 28.2. The van der Waals surface area contributed by atoms with E-state index in [1.54, 1.807) is 12.1 Å². The van der Waals surface area contributed by atoms with Gasteiger partial charge < -0.3 is 9.47 Å². The summed E-state index contributed by atoms with van der Waals surface area (Å²) in [6.45, 7) is 5.34. The van der Waals surface area contributed by atoms with E-state index in [1.807, 2.05) is 24.3 Å². The first kappa shape index (κ1) is 27.9. The van der Waals surface area contributed by atoms with E-state index in [0.29, 0.717) is 37.9 Å². The van der Waals surface area contributed by atoms with Crippen LogP contribution in [0, 0.1) is 30.2 Å². The number of aryl methyl sites for hydroxylation is 1. The fourth-order valence-electron chi connectivity index (χ4n) is 4.82. The molecule has 1 aliphatic heterocycles. The van der Waals surface area contributed by atoms with Gasteiger partial charge in [-0.2, -0.15) is 4.39 Å². The first-order chi connectivity index (χ1) is 19.3. The van der Waals surface area contributed by atoms with Crippen molar-refractivity contribution >= 4 is 11.5 Å². The fourth-order valence-corrected chi connectivity index (χ4v) is 4.82. The van der Waals surface area contributed by atoms with Gasteiger partial charge in [-0.1, -0.05) is 36.4 Å². The quantitative estimate of drug-likeness (QED) is 0.118. The van der Waals surface area contributed by atoms with Crippen LogP contribution in [0.1, 0.15) is 48.4 Å². The number of carbonyl (C=O) groups is 1. The van der Waals surface area contributed by atoms with Crippen molar-refractivity contribution in [2.24, 2.45) is 0 Å². The number of nitrogens with zero attached hydrogens (tertiary/aromatic N) is 1. The minimum atomic E-state index is -1.33. The first-order valence-electron chi connectivity index (χ1n) is 13.4. The van der Waals surface area contributed by atoms with Crippen molar-refractivity contribution in [1.82, 2.24) is 4.90 Å². The van der Waals surface area contributed by atoms with Gasteiger partial charge in [0, 0.05) is 19.1 Å². The molecule has 1 saturated carbocycles. The second-order valence-corrected chi connectivity index (χ2v) is 10.2. The molecule has 0 amide bonds. The van der Waals surface area contributed by atoms with Crippen LogP contribution in [0.3, 0.4) is 0 Å². The second kappa shape index (κ2) is 12.3. The summed E-state index contributed by atoms with van der Waals surface area (Å²) in [5.74, 6) is -4.76. The highest BCUT2D eigenvalue weighted by atomic mass is 19.2. The SMILES string of the molecule is [CH2]C(c1ccc(F)cc1)N1CCC(c2ccc(CCCOc3c(F)ccc(F)c3F)cc2)=C(C(=O)OC2CC2)C1. The third-order valence-corrected chi connectivity index (χ3v) is 7.28. The zero-order valence-electron chi connectivity index (χ0n) is 22.0. The highest BCUT2D eigenvalue weighted by Crippen LogP contribution is 2.34. The van der Waals surface area contributed by atoms with Gasteiger partial charge in [-0.05, 0) is 85.6 Å². The number of benzene rings is 3. The minimum Gasteiger partial charge on any atom is -0.488 e. The summed E-state index contributed by atoms with van der Waals surface area (Å²) >= 11 is 0. The number of halogens is 4. The molecule has 3 aromatic carbocycles. The maximum absolute atomic E-state index is 13.8. The number of ether oxygens (including phenoxy) is 2. The van der Waals surface area contributed by atoms with Crippen molar-refractivity contribution in [3.63, 3.8) is 0 Å². The highest BCUT2D eigenvalue weighted by molar-refractivity contribution is 5.98. The molecular weight excluding hydrogens is 522 g/mol. The van der Waals surface area contributed by atoms with Crippen molar-refractivity contribution in [2.45, 2.75) is 44.2 Å². The third kappa shape index (κ3) is 6.55. The third-order valence-electron chi connectivity index (χ3n) is 7.28. The standard InChI is InChI=1S/C32H30F4NO3/c1-20(22-8-10-24(33)11-9-22)37-17-16-26(27(19-37)32(38)40-25-12-13-25)23-6-4-21(5-7-23)3-2-18-39-31-29(35)15-14-28(34)30(31)36/h4-11,14-15,20,25H,1-3,12-13,16-19H2. The van der Waals surface area contributed by atoms with Crippen molar-refractivity contribution in [3.8, 4) is 5.75 Å². The first-order valence-corrected chi connectivity index (χ1v) is 13.4. The average molecular weight is 553 g/mol. The number of esters is 1. The fraction of sp³-hybridized carbons (Fsp3) is 0.312. The van der Waals surface area contributed by atoms with Gasteiger partial charge in [-0.25, -0.2) is 18.0 Å². The number of carbonyl (C=O) groups excluding carboxylic acids is 1. The molecule has 1 aliphatic carbocycles. The lowest BCUT2D eigenvalue weighted by atomic mass is 9.91. The normalized spacial score (nSPS) is 16.6. The lowest BCUT2D eigenvalue weighted by molar-refractivity contribution is -0.140. The van der Waals surface area contributed by atoms with Crippen LogP contribution in [0.4, 0.5) is 17.6 Å². The average Bonchev–Trinajstić information content (AvgIpc) is 3.79. The Morgan fingerprint density at radius 2 is 1.65 bits per heavy atom. The molecule has 5 rings (SSSR count). The van der Waals surface area contributed by atoms with Crippen LogP contribution >= 0.6 is 0 Å². The predicted molar refractivity (Wildman–Crippen MR) is 143 cm³/mol. The zero-order valence-corrected chi connectivity index (χ0v) is 22.0. The van der Waals surface area contributed by atoms with Crippen molar-refractivity contribution in [2.75, 3.05) is 19.7 Å². The minimum absolute atomic E-state index is 0.0248. The van der Waals surface area contributed by atoms with Gasteiger partial charge in [0.25, 0.3) is 0 Å². The summed E-state index contributed by atoms with van der Waals surface area (Å²) in [5, 5.41) is 0. The summed E-state index contributed by atoms with van der Waals surface area (Å²) in [5.41, 5.74) is 4.32. The Morgan fingerprint density at radius 1 is 0.950 bits per heavy atom. The Balaban J connectivity index is 1.26. The molecule has 0 saturated heterocycles. The lowest BCUT2D eigenvalue weighted by Gasteiger charge is -2.35. The molecule has 0 N–H and O–H groups in total. The van der Waals surface area contributed by atoms with Crippen LogP contribution in [0.15, 0.2) is 66.2 Å². The molecule has 0 spiro atoms. The molecule has 4 nitrogen and oxygen atoms in total. The Labute approximate surface area is 231 Å². The molecular formula is C32H30F4NO3. The van der Waals surface area contributed by atoms with E-state index in [1.165, 1.54) is 12.1 Å². The maximum Gasteiger partial charge on any atom is 0.335 e. The van der Waals surface area contributed by atoms with Crippen LogP contribution in [0.2, 0.25) is 0 Å². The molecule has 1 fully saturated rings. The van der Waals surface area contributed by atoms with Gasteiger partial charge in [0.05, 0.1) is 12.2 Å². The molecule has 1 radical (unpaired) electrons. The van der Waals surface area contributed by atoms with Gasteiger partial charge >= 0.3 is 5.97 Å². The van der Waals surface area contributed by atoms with Crippen LogP contribution in [-0.2, 0) is 16.0 Å². The van der Waals surface area contributed by atoms with Crippen LogP contribution in [-0.4, -0.2) is 36.7 Å². The van der Waals surface area contributed by atoms with Crippen LogP contribution in [0.5, 0.6) is 5.75 Å². The second-order valence-electron chi connectivity index (χ2n) is 10.2. The van der Waals surface area contributed by atoms with E-state index in [2.05, 4.69) is 11.8 Å². The molecule has 3 aromatic rings. The van der Waals surface area contributed by atoms with Gasteiger partial charge in [-0.3, -0.25) is 4.90 Å². The molecule has 1 heterocycles. The summed E-state index contributed by atoms with van der Waals surface area (Å²) in [7, 11) is 0. The summed E-state index contributed by atoms with van der Waals surface area (Å²) in [6.07, 6.45) is 3.41. The summed E-state index contributed by atoms with van der Waals surface area (Å²) < 4.78 is 65.1. The Morgan fingerprint density at radius 3 is 2.35 bits per heavy atom. The monoisotopic (exact) mass is 552 g/mol. The van der Waals surface area contributed by atoms with Gasteiger partial charge in [0.1, 0.15) is 11.9 Å². The van der Waals surface area contributed by atoms with Crippen molar-refractivity contribution in [1.29, 1.82) is 0 Å². The van der Waals surface area contributed by atoms with Gasteiger partial charge in [0.15, 0.2) is 17.4 Å². The molecule has 2 aliphatic rings. The number of hydrogen-bond donors (Lipinski definition) is 0. The topological polar surface area (TPSA) is 38.8 Å². The van der Waals surface area contributed by atoms with E-state index >= 15 is 0 Å². The Hall–Kier alpha value is -3.65. The molecule has 40 heavy (non-hydrogen) atoms. The van der Waals surface area contributed by atoms with E-state index in [0.717, 1.165) is 47.2 Å². The molecule has 1 unspecified atom stereocenters. The largest absolute Gasteiger partial charge is 0.488 e. The summed E-state index contributed by atoms with van der Waals surface area (Å²) in [4.78, 5) is 15.2. The van der Waals surface area contributed by atoms with Gasteiger partial charge in [-0.15, -0.1) is 0 Å². The van der Waals surface area contributed by atoms with E-state index in [9.17, 15) is 22.4 Å². The highest BCUT2D eigenvalue weighted by Gasteiger charge is 2.33. The Kier molecular flexibility index (Phi) is 8.54. The lowest BCUT2D eigenvalue weighted by Crippen LogP contribution is -2.36. The number of rotatable bonds is 10. The maximum atomic E-state index is 13.8. The van der Waals surface area contributed by atoms with E-state index < -0.39 is 23.2 Å². The van der Waals surface area contributed by atoms with Crippen LogP contribution in [0.25, 0.3) is 5.57 Å². The van der Waals surface area contributed by atoms with Crippen LogP contribution < -0.4 is 4.74 Å².